The Morgan fingerprint density at radius 1 is 1.53 bits per heavy atom. The predicted molar refractivity (Wildman–Crippen MR) is 74.0 cm³/mol. The molecular weight excluding hydrogens is 260 g/mol. The molecule has 1 heterocycles. The first kappa shape index (κ1) is 13.4. The molecule has 0 bridgehead atoms. The van der Waals surface area contributed by atoms with E-state index in [0.29, 0.717) is 16.3 Å². The average Bonchev–Trinajstić information content (AvgIpc) is 2.43. The number of rotatable bonds is 4. The Morgan fingerprint density at radius 2 is 2.26 bits per heavy atom. The highest BCUT2D eigenvalue weighted by molar-refractivity contribution is 7.99. The number of hydrogen-bond donors (Lipinski definition) is 1. The van der Waals surface area contributed by atoms with Gasteiger partial charge in [0.1, 0.15) is 0 Å². The number of para-hydroxylation sites is 1. The van der Waals surface area contributed by atoms with Gasteiger partial charge in [0, 0.05) is 11.1 Å². The Labute approximate surface area is 115 Å². The first-order chi connectivity index (χ1) is 9.11. The highest BCUT2D eigenvalue weighted by Gasteiger charge is 2.12. The van der Waals surface area contributed by atoms with E-state index < -0.39 is 11.9 Å². The van der Waals surface area contributed by atoms with Crippen molar-refractivity contribution in [1.82, 2.24) is 4.98 Å². The van der Waals surface area contributed by atoms with E-state index in [1.54, 1.807) is 13.0 Å². The fraction of sp³-hybridized carbons (Fsp3) is 0.214. The summed E-state index contributed by atoms with van der Waals surface area (Å²) in [6.45, 7) is 1.65. The van der Waals surface area contributed by atoms with Gasteiger partial charge >= 0.3 is 5.97 Å². The minimum atomic E-state index is -0.825. The van der Waals surface area contributed by atoms with E-state index in [1.807, 2.05) is 24.3 Å². The molecule has 0 saturated heterocycles. The quantitative estimate of drug-likeness (QED) is 0.866. The molecule has 96 valence electrons. The van der Waals surface area contributed by atoms with Crippen molar-refractivity contribution < 1.29 is 9.90 Å². The Balaban J connectivity index is 2.30. The summed E-state index contributed by atoms with van der Waals surface area (Å²) in [4.78, 5) is 15.2. The minimum Gasteiger partial charge on any atom is -0.481 e. The van der Waals surface area contributed by atoms with Crippen LogP contribution in [0.4, 0.5) is 0 Å². The lowest BCUT2D eigenvalue weighted by Crippen LogP contribution is -2.11. The summed E-state index contributed by atoms with van der Waals surface area (Å²) in [5, 5.41) is 19.5. The number of nitrogens with zero attached hydrogens (tertiary/aromatic N) is 2. The molecular formula is C14H12N2O2S. The van der Waals surface area contributed by atoms with Crippen LogP contribution >= 0.6 is 11.8 Å². The maximum absolute atomic E-state index is 10.8. The van der Waals surface area contributed by atoms with E-state index in [-0.39, 0.29) is 0 Å². The third-order valence-corrected chi connectivity index (χ3v) is 3.89. The predicted octanol–water partition coefficient (Wildman–Crippen LogP) is 2.92. The molecule has 0 saturated carbocycles. The highest BCUT2D eigenvalue weighted by atomic mass is 32.2. The molecule has 0 aliphatic rings. The van der Waals surface area contributed by atoms with Crippen molar-refractivity contribution >= 4 is 28.6 Å². The number of pyridine rings is 1. The topological polar surface area (TPSA) is 74.0 Å². The molecule has 2 rings (SSSR count). The summed E-state index contributed by atoms with van der Waals surface area (Å²) in [6, 6.07) is 11.3. The van der Waals surface area contributed by atoms with E-state index in [2.05, 4.69) is 11.1 Å². The summed E-state index contributed by atoms with van der Waals surface area (Å²) in [7, 11) is 0. The van der Waals surface area contributed by atoms with Crippen LogP contribution in [-0.4, -0.2) is 21.8 Å². The van der Waals surface area contributed by atoms with Crippen LogP contribution < -0.4 is 0 Å². The van der Waals surface area contributed by atoms with E-state index in [9.17, 15) is 4.79 Å². The zero-order valence-electron chi connectivity index (χ0n) is 10.3. The highest BCUT2D eigenvalue weighted by Crippen LogP contribution is 2.25. The molecule has 1 aromatic heterocycles. The van der Waals surface area contributed by atoms with Crippen molar-refractivity contribution in [3.05, 3.63) is 35.9 Å². The zero-order valence-corrected chi connectivity index (χ0v) is 11.1. The molecule has 0 radical (unpaired) electrons. The Bertz CT molecular complexity index is 664. The standard InChI is InChI=1S/C14H12N2O2S/c1-9(14(17)18)8-19-13-6-10(7-15)11-4-2-3-5-12(11)16-13/h2-6,9H,8H2,1H3,(H,17,18). The van der Waals surface area contributed by atoms with Crippen LogP contribution in [-0.2, 0) is 4.79 Å². The van der Waals surface area contributed by atoms with Crippen molar-refractivity contribution in [2.75, 3.05) is 5.75 Å². The molecule has 0 fully saturated rings. The summed E-state index contributed by atoms with van der Waals surface area (Å²) in [5.74, 6) is -0.830. The second-order valence-electron chi connectivity index (χ2n) is 4.19. The molecule has 19 heavy (non-hydrogen) atoms. The van der Waals surface area contributed by atoms with Crippen molar-refractivity contribution in [2.24, 2.45) is 5.92 Å². The molecule has 0 amide bonds. The van der Waals surface area contributed by atoms with Gasteiger partial charge in [-0.3, -0.25) is 4.79 Å². The number of fused-ring (bicyclic) bond motifs is 1. The first-order valence-electron chi connectivity index (χ1n) is 5.77. The molecule has 1 aromatic carbocycles. The number of aliphatic carboxylic acids is 1. The van der Waals surface area contributed by atoms with Gasteiger partial charge in [0.2, 0.25) is 0 Å². The number of nitriles is 1. The fourth-order valence-electron chi connectivity index (χ4n) is 1.60. The molecule has 1 atom stereocenters. The van der Waals surface area contributed by atoms with Crippen molar-refractivity contribution in [3.63, 3.8) is 0 Å². The lowest BCUT2D eigenvalue weighted by Gasteiger charge is -2.07. The average molecular weight is 272 g/mol. The fourth-order valence-corrected chi connectivity index (χ4v) is 2.53. The number of thioether (sulfide) groups is 1. The summed E-state index contributed by atoms with van der Waals surface area (Å²) in [5.41, 5.74) is 1.32. The number of aromatic nitrogens is 1. The first-order valence-corrected chi connectivity index (χ1v) is 6.76. The van der Waals surface area contributed by atoms with Crippen molar-refractivity contribution in [3.8, 4) is 6.07 Å². The third kappa shape index (κ3) is 3.04. The molecule has 4 nitrogen and oxygen atoms in total. The maximum Gasteiger partial charge on any atom is 0.307 e. The normalized spacial score (nSPS) is 12.0. The van der Waals surface area contributed by atoms with Crippen LogP contribution in [0.3, 0.4) is 0 Å². The van der Waals surface area contributed by atoms with E-state index in [0.717, 1.165) is 10.9 Å². The summed E-state index contributed by atoms with van der Waals surface area (Å²) >= 11 is 1.36. The number of carbonyl (C=O) groups is 1. The van der Waals surface area contributed by atoms with Crippen molar-refractivity contribution in [1.29, 1.82) is 5.26 Å². The van der Waals surface area contributed by atoms with Crippen LogP contribution in [0, 0.1) is 17.2 Å². The zero-order chi connectivity index (χ0) is 13.8. The maximum atomic E-state index is 10.8. The van der Waals surface area contributed by atoms with Crippen molar-refractivity contribution in [2.45, 2.75) is 11.9 Å². The monoisotopic (exact) mass is 272 g/mol. The lowest BCUT2D eigenvalue weighted by molar-refractivity contribution is -0.140. The molecule has 0 aliphatic carbocycles. The molecule has 1 N–H and O–H groups in total. The van der Waals surface area contributed by atoms with Crippen LogP contribution in [0.2, 0.25) is 0 Å². The molecule has 1 unspecified atom stereocenters. The SMILES string of the molecule is CC(CSc1cc(C#N)c2ccccc2n1)C(=O)O. The Kier molecular flexibility index (Phi) is 4.03. The smallest absolute Gasteiger partial charge is 0.307 e. The molecule has 0 aliphatic heterocycles. The summed E-state index contributed by atoms with van der Waals surface area (Å²) < 4.78 is 0. The van der Waals surface area contributed by atoms with Crippen LogP contribution in [0.25, 0.3) is 10.9 Å². The summed E-state index contributed by atoms with van der Waals surface area (Å²) in [6.07, 6.45) is 0. The number of carboxylic acid groups (broad SMARTS) is 1. The Morgan fingerprint density at radius 3 is 2.95 bits per heavy atom. The van der Waals surface area contributed by atoms with Gasteiger partial charge < -0.3 is 5.11 Å². The lowest BCUT2D eigenvalue weighted by atomic mass is 10.1. The largest absolute Gasteiger partial charge is 0.481 e. The molecule has 5 heteroatoms. The number of hydrogen-bond acceptors (Lipinski definition) is 4. The van der Waals surface area contributed by atoms with Gasteiger partial charge in [-0.05, 0) is 12.1 Å². The van der Waals surface area contributed by atoms with Gasteiger partial charge in [-0.1, -0.05) is 25.1 Å². The molecule has 2 aromatic rings. The third-order valence-electron chi connectivity index (χ3n) is 2.72. The van der Waals surface area contributed by atoms with Gasteiger partial charge in [-0.25, -0.2) is 4.98 Å². The van der Waals surface area contributed by atoms with Gasteiger partial charge in [-0.2, -0.15) is 5.26 Å². The minimum absolute atomic E-state index is 0.436. The number of carboxylic acids is 1. The van der Waals surface area contributed by atoms with Gasteiger partial charge in [0.05, 0.1) is 28.1 Å². The van der Waals surface area contributed by atoms with Gasteiger partial charge in [0.25, 0.3) is 0 Å². The Hall–Kier alpha value is -2.06. The van der Waals surface area contributed by atoms with Crippen LogP contribution in [0.5, 0.6) is 0 Å². The van der Waals surface area contributed by atoms with E-state index in [1.165, 1.54) is 11.8 Å². The molecule has 0 spiro atoms. The van der Waals surface area contributed by atoms with E-state index in [4.69, 9.17) is 10.4 Å². The van der Waals surface area contributed by atoms with Gasteiger partial charge in [-0.15, -0.1) is 11.8 Å². The van der Waals surface area contributed by atoms with Crippen LogP contribution in [0.15, 0.2) is 35.4 Å². The van der Waals surface area contributed by atoms with Gasteiger partial charge in [0.15, 0.2) is 0 Å². The van der Waals surface area contributed by atoms with E-state index >= 15 is 0 Å². The number of benzene rings is 1. The second-order valence-corrected chi connectivity index (χ2v) is 5.23. The second kappa shape index (κ2) is 5.72. The van der Waals surface area contributed by atoms with Crippen LogP contribution in [0.1, 0.15) is 12.5 Å².